The number of nitrogens with zero attached hydrogens (tertiary/aromatic N) is 1. The van der Waals surface area contributed by atoms with Crippen LogP contribution in [0.3, 0.4) is 0 Å². The molecule has 1 heterocycles. The maximum absolute atomic E-state index is 13.2. The third kappa shape index (κ3) is 2.23. The number of hydrogen-bond acceptors (Lipinski definition) is 2. The summed E-state index contributed by atoms with van der Waals surface area (Å²) in [7, 11) is 0. The van der Waals surface area contributed by atoms with Crippen molar-refractivity contribution in [1.29, 1.82) is 0 Å². The highest BCUT2D eigenvalue weighted by Gasteiger charge is 2.10. The number of halogens is 1. The van der Waals surface area contributed by atoms with Crippen LogP contribution in [-0.4, -0.2) is 10.9 Å². The van der Waals surface area contributed by atoms with E-state index in [4.69, 9.17) is 0 Å². The lowest BCUT2D eigenvalue weighted by atomic mass is 10.2. The van der Waals surface area contributed by atoms with E-state index in [1.165, 1.54) is 12.3 Å². The van der Waals surface area contributed by atoms with Crippen LogP contribution in [0.1, 0.15) is 10.4 Å². The largest absolute Gasteiger partial charge is 0.322 e. The van der Waals surface area contributed by atoms with Gasteiger partial charge in [-0.1, -0.05) is 18.2 Å². The van der Waals surface area contributed by atoms with Gasteiger partial charge in [-0.15, -0.1) is 0 Å². The number of amides is 1. The Bertz CT molecular complexity index is 499. The monoisotopic (exact) mass is 216 g/mol. The number of anilines is 1. The molecule has 2 rings (SSSR count). The second-order valence-corrected chi connectivity index (χ2v) is 3.18. The molecule has 0 aliphatic heterocycles. The van der Waals surface area contributed by atoms with E-state index in [-0.39, 0.29) is 5.56 Å². The van der Waals surface area contributed by atoms with Crippen molar-refractivity contribution in [1.82, 2.24) is 4.98 Å². The van der Waals surface area contributed by atoms with Crippen LogP contribution >= 0.6 is 0 Å². The lowest BCUT2D eigenvalue weighted by molar-refractivity contribution is 0.102. The molecule has 1 N–H and O–H groups in total. The summed E-state index contributed by atoms with van der Waals surface area (Å²) in [6.45, 7) is 0. The van der Waals surface area contributed by atoms with Crippen molar-refractivity contribution in [2.75, 3.05) is 5.32 Å². The minimum Gasteiger partial charge on any atom is -0.322 e. The smallest absolute Gasteiger partial charge is 0.258 e. The highest BCUT2D eigenvalue weighted by molar-refractivity contribution is 6.04. The molecule has 0 radical (unpaired) electrons. The van der Waals surface area contributed by atoms with Crippen LogP contribution < -0.4 is 5.32 Å². The standard InChI is InChI=1S/C12H9FN2O/c13-11-8-14-7-6-10(11)12(16)15-9-4-2-1-3-5-9/h1-8H,(H,15,16). The summed E-state index contributed by atoms with van der Waals surface area (Å²) in [6.07, 6.45) is 2.39. The number of aromatic nitrogens is 1. The second-order valence-electron chi connectivity index (χ2n) is 3.18. The highest BCUT2D eigenvalue weighted by Crippen LogP contribution is 2.10. The zero-order valence-electron chi connectivity index (χ0n) is 8.35. The molecule has 3 nitrogen and oxygen atoms in total. The van der Waals surface area contributed by atoms with Gasteiger partial charge >= 0.3 is 0 Å². The second kappa shape index (κ2) is 4.53. The van der Waals surface area contributed by atoms with Gasteiger partial charge in [-0.3, -0.25) is 9.78 Å². The number of carbonyl (C=O) groups is 1. The number of carbonyl (C=O) groups excluding carboxylic acids is 1. The Morgan fingerprint density at radius 2 is 1.94 bits per heavy atom. The van der Waals surface area contributed by atoms with E-state index in [1.54, 1.807) is 24.3 Å². The number of benzene rings is 1. The van der Waals surface area contributed by atoms with Gasteiger partial charge in [0.15, 0.2) is 5.82 Å². The molecular formula is C12H9FN2O. The minimum absolute atomic E-state index is 0.0150. The fourth-order valence-corrected chi connectivity index (χ4v) is 1.28. The minimum atomic E-state index is -0.629. The Hall–Kier alpha value is -2.23. The molecule has 0 aliphatic carbocycles. The van der Waals surface area contributed by atoms with E-state index >= 15 is 0 Å². The average Bonchev–Trinajstić information content (AvgIpc) is 2.31. The van der Waals surface area contributed by atoms with Crippen LogP contribution in [0.5, 0.6) is 0 Å². The molecule has 0 aliphatic rings. The van der Waals surface area contributed by atoms with Gasteiger partial charge in [-0.2, -0.15) is 0 Å². The van der Waals surface area contributed by atoms with Gasteiger partial charge in [0.05, 0.1) is 11.8 Å². The van der Waals surface area contributed by atoms with Crippen LogP contribution in [0.4, 0.5) is 10.1 Å². The summed E-state index contributed by atoms with van der Waals surface area (Å²) >= 11 is 0. The summed E-state index contributed by atoms with van der Waals surface area (Å²) in [6, 6.07) is 10.2. The molecule has 1 aromatic heterocycles. The van der Waals surface area contributed by atoms with Crippen molar-refractivity contribution in [2.24, 2.45) is 0 Å². The SMILES string of the molecule is O=C(Nc1ccccc1)c1ccncc1F. The fraction of sp³-hybridized carbons (Fsp3) is 0. The number of pyridine rings is 1. The molecule has 0 bridgehead atoms. The molecule has 1 amide bonds. The van der Waals surface area contributed by atoms with Gasteiger partial charge in [-0.05, 0) is 18.2 Å². The van der Waals surface area contributed by atoms with E-state index in [1.807, 2.05) is 6.07 Å². The molecule has 80 valence electrons. The number of nitrogens with one attached hydrogen (secondary N) is 1. The molecule has 1 aromatic carbocycles. The topological polar surface area (TPSA) is 42.0 Å². The molecule has 2 aromatic rings. The molecule has 0 atom stereocenters. The molecule has 0 saturated heterocycles. The predicted molar refractivity (Wildman–Crippen MR) is 58.6 cm³/mol. The zero-order valence-corrected chi connectivity index (χ0v) is 8.35. The lowest BCUT2D eigenvalue weighted by Crippen LogP contribution is -2.13. The van der Waals surface area contributed by atoms with Gasteiger partial charge in [0.2, 0.25) is 0 Å². The van der Waals surface area contributed by atoms with Crippen LogP contribution in [-0.2, 0) is 0 Å². The van der Waals surface area contributed by atoms with Gasteiger partial charge in [0, 0.05) is 11.9 Å². The molecule has 0 spiro atoms. The van der Waals surface area contributed by atoms with Crippen molar-refractivity contribution in [3.05, 3.63) is 60.2 Å². The average molecular weight is 216 g/mol. The Kier molecular flexibility index (Phi) is 2.91. The maximum atomic E-state index is 13.2. The first-order chi connectivity index (χ1) is 7.77. The fourth-order valence-electron chi connectivity index (χ4n) is 1.28. The first-order valence-electron chi connectivity index (χ1n) is 4.73. The molecule has 0 saturated carbocycles. The first-order valence-corrected chi connectivity index (χ1v) is 4.73. The van der Waals surface area contributed by atoms with Crippen molar-refractivity contribution < 1.29 is 9.18 Å². The number of para-hydroxylation sites is 1. The third-order valence-corrected chi connectivity index (χ3v) is 2.05. The number of rotatable bonds is 2. The zero-order chi connectivity index (χ0) is 11.4. The third-order valence-electron chi connectivity index (χ3n) is 2.05. The quantitative estimate of drug-likeness (QED) is 0.837. The van der Waals surface area contributed by atoms with Crippen molar-refractivity contribution in [2.45, 2.75) is 0 Å². The number of hydrogen-bond donors (Lipinski definition) is 1. The van der Waals surface area contributed by atoms with Crippen LogP contribution in [0.15, 0.2) is 48.8 Å². The highest BCUT2D eigenvalue weighted by atomic mass is 19.1. The summed E-state index contributed by atoms with van der Waals surface area (Å²) in [4.78, 5) is 15.2. The van der Waals surface area contributed by atoms with Crippen molar-refractivity contribution in [3.63, 3.8) is 0 Å². The molecule has 0 fully saturated rings. The predicted octanol–water partition coefficient (Wildman–Crippen LogP) is 2.47. The summed E-state index contributed by atoms with van der Waals surface area (Å²) in [5, 5.41) is 2.59. The molecular weight excluding hydrogens is 207 g/mol. The Morgan fingerprint density at radius 3 is 2.62 bits per heavy atom. The van der Waals surface area contributed by atoms with E-state index in [0.29, 0.717) is 5.69 Å². The van der Waals surface area contributed by atoms with Crippen molar-refractivity contribution in [3.8, 4) is 0 Å². The molecule has 4 heteroatoms. The van der Waals surface area contributed by atoms with Gasteiger partial charge in [0.25, 0.3) is 5.91 Å². The van der Waals surface area contributed by atoms with Crippen molar-refractivity contribution >= 4 is 11.6 Å². The van der Waals surface area contributed by atoms with E-state index in [2.05, 4.69) is 10.3 Å². The lowest BCUT2D eigenvalue weighted by Gasteiger charge is -2.04. The van der Waals surface area contributed by atoms with Gasteiger partial charge < -0.3 is 5.32 Å². The van der Waals surface area contributed by atoms with Crippen LogP contribution in [0.2, 0.25) is 0 Å². The summed E-state index contributed by atoms with van der Waals surface area (Å²) in [5.41, 5.74) is 0.613. The van der Waals surface area contributed by atoms with Crippen LogP contribution in [0.25, 0.3) is 0 Å². The Labute approximate surface area is 92.0 Å². The van der Waals surface area contributed by atoms with Gasteiger partial charge in [-0.25, -0.2) is 4.39 Å². The van der Waals surface area contributed by atoms with E-state index in [9.17, 15) is 9.18 Å². The van der Waals surface area contributed by atoms with E-state index < -0.39 is 11.7 Å². The Morgan fingerprint density at radius 1 is 1.19 bits per heavy atom. The molecule has 0 unspecified atom stereocenters. The maximum Gasteiger partial charge on any atom is 0.258 e. The normalized spacial score (nSPS) is 9.81. The molecule has 16 heavy (non-hydrogen) atoms. The van der Waals surface area contributed by atoms with Crippen LogP contribution in [0, 0.1) is 5.82 Å². The van der Waals surface area contributed by atoms with Gasteiger partial charge in [0.1, 0.15) is 0 Å². The van der Waals surface area contributed by atoms with E-state index in [0.717, 1.165) is 6.20 Å². The Balaban J connectivity index is 2.19. The summed E-state index contributed by atoms with van der Waals surface area (Å²) < 4.78 is 13.2. The first kappa shape index (κ1) is 10.3. The summed E-state index contributed by atoms with van der Waals surface area (Å²) in [5.74, 6) is -1.11.